The zero-order valence-electron chi connectivity index (χ0n) is 22.3. The molecule has 0 atom stereocenters. The van der Waals surface area contributed by atoms with Crippen LogP contribution < -0.4 is 14.8 Å². The highest BCUT2D eigenvalue weighted by Crippen LogP contribution is 2.36. The van der Waals surface area contributed by atoms with Crippen molar-refractivity contribution in [3.05, 3.63) is 120 Å². The van der Waals surface area contributed by atoms with Crippen molar-refractivity contribution in [3.8, 4) is 33.4 Å². The van der Waals surface area contributed by atoms with Crippen LogP contribution in [0, 0.1) is 0 Å². The summed E-state index contributed by atoms with van der Waals surface area (Å²) in [6.07, 6.45) is 3.68. The Morgan fingerprint density at radius 2 is 1.63 bits per heavy atom. The summed E-state index contributed by atoms with van der Waals surface area (Å²) < 4.78 is 16.3. The maximum Gasteiger partial charge on any atom is 0.514 e. The molecule has 2 N–H and O–H groups in total. The number of thiazole rings is 1. The maximum atomic E-state index is 12.7. The molecule has 0 aliphatic carbocycles. The molecule has 0 bridgehead atoms. The Bertz CT molecular complexity index is 1900. The van der Waals surface area contributed by atoms with E-state index in [9.17, 15) is 14.7 Å². The molecule has 0 saturated carbocycles. The van der Waals surface area contributed by atoms with Crippen LogP contribution in [-0.2, 0) is 11.3 Å². The van der Waals surface area contributed by atoms with Crippen molar-refractivity contribution in [2.24, 2.45) is 0 Å². The number of fused-ring (bicyclic) bond motifs is 1. The number of ether oxygens (including phenoxy) is 3. The Balaban J connectivity index is 1.10. The minimum atomic E-state index is -0.962. The summed E-state index contributed by atoms with van der Waals surface area (Å²) in [6, 6.07) is 26.5. The molecule has 10 nitrogen and oxygen atoms in total. The van der Waals surface area contributed by atoms with Crippen LogP contribution in [0.1, 0.15) is 15.4 Å². The van der Waals surface area contributed by atoms with E-state index in [-0.39, 0.29) is 24.0 Å². The van der Waals surface area contributed by atoms with Crippen LogP contribution in [0.2, 0.25) is 0 Å². The van der Waals surface area contributed by atoms with Gasteiger partial charge >= 0.3 is 6.16 Å². The van der Waals surface area contributed by atoms with Crippen molar-refractivity contribution < 1.29 is 28.9 Å². The molecule has 6 rings (SSSR count). The SMILES string of the molecule is O=C(OCc1ccccc1)Oc1cc2nccc(Oc3ccc(NC(=O)c4ncc(-c5ccccc5)s4)nc3)c2cc1O. The number of phenolic OH excluding ortho intramolecular Hbond substituents is 1. The quantitative estimate of drug-likeness (QED) is 0.139. The number of amides is 1. The third-order valence-corrected chi connectivity index (χ3v) is 7.18. The van der Waals surface area contributed by atoms with E-state index in [1.165, 1.54) is 35.9 Å². The van der Waals surface area contributed by atoms with E-state index < -0.39 is 6.16 Å². The molecule has 3 aromatic heterocycles. The lowest BCUT2D eigenvalue weighted by atomic mass is 10.2. The van der Waals surface area contributed by atoms with Crippen LogP contribution >= 0.6 is 11.3 Å². The van der Waals surface area contributed by atoms with Gasteiger partial charge in [0.1, 0.15) is 23.9 Å². The van der Waals surface area contributed by atoms with Gasteiger partial charge in [-0.1, -0.05) is 60.7 Å². The molecule has 3 heterocycles. The lowest BCUT2D eigenvalue weighted by molar-refractivity contribution is 0.0917. The van der Waals surface area contributed by atoms with Crippen LogP contribution in [0.3, 0.4) is 0 Å². The number of aromatic nitrogens is 3. The zero-order chi connectivity index (χ0) is 29.6. The second kappa shape index (κ2) is 12.4. The third-order valence-electron chi connectivity index (χ3n) is 6.14. The van der Waals surface area contributed by atoms with Crippen molar-refractivity contribution in [1.29, 1.82) is 0 Å². The average Bonchev–Trinajstić information content (AvgIpc) is 3.54. The summed E-state index contributed by atoms with van der Waals surface area (Å²) in [6.45, 7) is 0.0286. The molecule has 0 aliphatic heterocycles. The average molecular weight is 591 g/mol. The van der Waals surface area contributed by atoms with Gasteiger partial charge in [-0.25, -0.2) is 14.8 Å². The lowest BCUT2D eigenvalue weighted by Crippen LogP contribution is -2.12. The lowest BCUT2D eigenvalue weighted by Gasteiger charge is -2.11. The van der Waals surface area contributed by atoms with Crippen LogP contribution in [0.4, 0.5) is 10.6 Å². The number of hydrogen-bond donors (Lipinski definition) is 2. The van der Waals surface area contributed by atoms with Gasteiger partial charge in [0.2, 0.25) is 0 Å². The molecule has 3 aromatic carbocycles. The van der Waals surface area contributed by atoms with Crippen molar-refractivity contribution in [2.75, 3.05) is 5.32 Å². The largest absolute Gasteiger partial charge is 0.514 e. The first-order chi connectivity index (χ1) is 21.0. The van der Waals surface area contributed by atoms with Gasteiger partial charge in [0.05, 0.1) is 16.6 Å². The number of aromatic hydroxyl groups is 1. The number of nitrogens with zero attached hydrogens (tertiary/aromatic N) is 3. The Labute approximate surface area is 249 Å². The predicted octanol–water partition coefficient (Wildman–Crippen LogP) is 7.22. The molecule has 11 heteroatoms. The van der Waals surface area contributed by atoms with Crippen LogP contribution in [0.25, 0.3) is 21.3 Å². The summed E-state index contributed by atoms with van der Waals surface area (Å²) in [5, 5.41) is 14.1. The van der Waals surface area contributed by atoms with Crippen molar-refractivity contribution in [1.82, 2.24) is 15.0 Å². The Kier molecular flexibility index (Phi) is 7.87. The molecule has 0 unspecified atom stereocenters. The van der Waals surface area contributed by atoms with Gasteiger partial charge in [-0.05, 0) is 35.4 Å². The zero-order valence-corrected chi connectivity index (χ0v) is 23.2. The summed E-state index contributed by atoms with van der Waals surface area (Å²) in [7, 11) is 0. The molecule has 212 valence electrons. The van der Waals surface area contributed by atoms with E-state index in [1.807, 2.05) is 60.7 Å². The molecule has 0 fully saturated rings. The topological polar surface area (TPSA) is 133 Å². The first kappa shape index (κ1) is 27.4. The number of carbonyl (C=O) groups excluding carboxylic acids is 2. The van der Waals surface area contributed by atoms with Gasteiger partial charge < -0.3 is 24.6 Å². The van der Waals surface area contributed by atoms with Crippen LogP contribution in [-0.4, -0.2) is 32.1 Å². The fraction of sp³-hybridized carbons (Fsp3) is 0.0312. The minimum Gasteiger partial charge on any atom is -0.504 e. The number of anilines is 1. The third kappa shape index (κ3) is 6.58. The maximum absolute atomic E-state index is 12.7. The number of benzene rings is 3. The molecule has 0 saturated heterocycles. The number of nitrogens with one attached hydrogen (secondary N) is 1. The molecular weight excluding hydrogens is 568 g/mol. The van der Waals surface area contributed by atoms with E-state index in [4.69, 9.17) is 14.2 Å². The summed E-state index contributed by atoms with van der Waals surface area (Å²) in [5.41, 5.74) is 2.20. The van der Waals surface area contributed by atoms with E-state index in [2.05, 4.69) is 20.3 Å². The predicted molar refractivity (Wildman–Crippen MR) is 160 cm³/mol. The first-order valence-corrected chi connectivity index (χ1v) is 13.8. The van der Waals surface area contributed by atoms with Crippen molar-refractivity contribution in [3.63, 3.8) is 0 Å². The van der Waals surface area contributed by atoms with Gasteiger partial charge in [-0.2, -0.15) is 0 Å². The highest BCUT2D eigenvalue weighted by molar-refractivity contribution is 7.17. The van der Waals surface area contributed by atoms with E-state index in [1.54, 1.807) is 24.4 Å². The van der Waals surface area contributed by atoms with Gasteiger partial charge in [-0.3, -0.25) is 9.78 Å². The normalized spacial score (nSPS) is 10.7. The molecule has 0 radical (unpaired) electrons. The number of pyridine rings is 2. The molecule has 1 amide bonds. The molecule has 43 heavy (non-hydrogen) atoms. The standard InChI is InChI=1S/C32H22N4O6S/c37-25-15-23-24(16-27(25)42-32(39)40-19-20-7-3-1-4-8-20)33-14-13-26(23)41-22-11-12-29(34-17-22)36-30(38)31-35-18-28(43-31)21-9-5-2-6-10-21/h1-18,37H,19H2,(H,34,36,38). The van der Waals surface area contributed by atoms with Crippen molar-refractivity contribution in [2.45, 2.75) is 6.61 Å². The second-order valence-corrected chi connectivity index (χ2v) is 10.1. The van der Waals surface area contributed by atoms with E-state index >= 15 is 0 Å². The van der Waals surface area contributed by atoms with Gasteiger partial charge in [0.25, 0.3) is 5.91 Å². The summed E-state index contributed by atoms with van der Waals surface area (Å²) >= 11 is 1.29. The monoisotopic (exact) mass is 590 g/mol. The summed E-state index contributed by atoms with van der Waals surface area (Å²) in [4.78, 5) is 38.6. The van der Waals surface area contributed by atoms with E-state index in [0.29, 0.717) is 33.2 Å². The van der Waals surface area contributed by atoms with Gasteiger partial charge in [0.15, 0.2) is 16.5 Å². The van der Waals surface area contributed by atoms with Crippen LogP contribution in [0.5, 0.6) is 23.0 Å². The Hall–Kier alpha value is -5.81. The first-order valence-electron chi connectivity index (χ1n) is 13.0. The second-order valence-electron chi connectivity index (χ2n) is 9.10. The number of phenols is 1. The highest BCUT2D eigenvalue weighted by Gasteiger charge is 2.16. The smallest absolute Gasteiger partial charge is 0.504 e. The number of hydrogen-bond acceptors (Lipinski definition) is 10. The molecule has 0 spiro atoms. The fourth-order valence-electron chi connectivity index (χ4n) is 4.07. The fourth-order valence-corrected chi connectivity index (χ4v) is 4.89. The molecule has 6 aromatic rings. The highest BCUT2D eigenvalue weighted by atomic mass is 32.1. The molecule has 0 aliphatic rings. The number of carbonyl (C=O) groups is 2. The number of rotatable bonds is 8. The summed E-state index contributed by atoms with van der Waals surface area (Å²) in [5.74, 6) is 0.325. The Morgan fingerprint density at radius 1 is 0.837 bits per heavy atom. The van der Waals surface area contributed by atoms with Gasteiger partial charge in [0, 0.05) is 23.8 Å². The van der Waals surface area contributed by atoms with Crippen LogP contribution in [0.15, 0.2) is 110 Å². The van der Waals surface area contributed by atoms with Crippen molar-refractivity contribution >= 4 is 40.1 Å². The van der Waals surface area contributed by atoms with E-state index in [0.717, 1.165) is 16.0 Å². The molecular formula is C32H22N4O6S. The van der Waals surface area contributed by atoms with Gasteiger partial charge in [-0.15, -0.1) is 11.3 Å². The minimum absolute atomic E-state index is 0.0286. The Morgan fingerprint density at radius 3 is 2.40 bits per heavy atom.